The van der Waals surface area contributed by atoms with E-state index in [0.29, 0.717) is 28.7 Å². The quantitative estimate of drug-likeness (QED) is 0.638. The molecule has 1 heterocycles. The van der Waals surface area contributed by atoms with Gasteiger partial charge in [0.15, 0.2) is 10.2 Å². The first-order chi connectivity index (χ1) is 9.83. The summed E-state index contributed by atoms with van der Waals surface area (Å²) in [7, 11) is 0. The number of hydrogen-bond donors (Lipinski definition) is 2. The molecule has 0 bridgehead atoms. The number of aryl methyl sites for hydroxylation is 1. The largest absolute Gasteiger partial charge is 0.462 e. The number of hydrogen-bond acceptors (Lipinski definition) is 6. The van der Waals surface area contributed by atoms with Gasteiger partial charge in [0.25, 0.3) is 0 Å². The van der Waals surface area contributed by atoms with E-state index in [1.54, 1.807) is 13.8 Å². The van der Waals surface area contributed by atoms with Crippen LogP contribution in [-0.2, 0) is 9.53 Å². The number of carbonyl (C=O) groups is 2. The van der Waals surface area contributed by atoms with Gasteiger partial charge >= 0.3 is 5.97 Å². The molecule has 2 N–H and O–H groups in total. The molecule has 8 heteroatoms. The third-order valence-corrected chi connectivity index (χ3v) is 3.58. The van der Waals surface area contributed by atoms with Gasteiger partial charge in [0, 0.05) is 6.42 Å². The summed E-state index contributed by atoms with van der Waals surface area (Å²) >= 11 is 6.18. The molecule has 0 unspecified atom stereocenters. The van der Waals surface area contributed by atoms with Crippen molar-refractivity contribution in [1.29, 1.82) is 0 Å². The normalized spacial score (nSPS) is 10.3. The summed E-state index contributed by atoms with van der Waals surface area (Å²) in [6.45, 7) is 7.67. The summed E-state index contributed by atoms with van der Waals surface area (Å²) in [6.07, 6.45) is 0.396. The smallest absolute Gasteiger partial charge is 0.350 e. The van der Waals surface area contributed by atoms with Crippen molar-refractivity contribution in [3.63, 3.8) is 0 Å². The number of rotatable bonds is 5. The van der Waals surface area contributed by atoms with Gasteiger partial charge in [-0.25, -0.2) is 9.78 Å². The molecule has 116 valence electrons. The lowest BCUT2D eigenvalue weighted by Gasteiger charge is -2.08. The Bertz CT molecular complexity index is 541. The predicted octanol–water partition coefficient (Wildman–Crippen LogP) is 2.49. The minimum absolute atomic E-state index is 0.151. The van der Waals surface area contributed by atoms with Gasteiger partial charge in [-0.3, -0.25) is 4.79 Å². The minimum atomic E-state index is -0.407. The van der Waals surface area contributed by atoms with E-state index >= 15 is 0 Å². The van der Waals surface area contributed by atoms with Crippen LogP contribution in [-0.4, -0.2) is 28.6 Å². The van der Waals surface area contributed by atoms with Crippen molar-refractivity contribution in [2.24, 2.45) is 5.92 Å². The van der Waals surface area contributed by atoms with E-state index in [2.05, 4.69) is 15.6 Å². The fourth-order valence-electron chi connectivity index (χ4n) is 1.51. The number of nitrogens with zero attached hydrogens (tertiary/aromatic N) is 1. The van der Waals surface area contributed by atoms with E-state index in [0.717, 1.165) is 11.3 Å². The summed E-state index contributed by atoms with van der Waals surface area (Å²) in [5.74, 6) is -0.304. The maximum Gasteiger partial charge on any atom is 0.350 e. The zero-order chi connectivity index (χ0) is 16.0. The summed E-state index contributed by atoms with van der Waals surface area (Å²) in [5, 5.41) is 6.00. The third kappa shape index (κ3) is 5.76. The van der Waals surface area contributed by atoms with Crippen LogP contribution < -0.4 is 10.6 Å². The SMILES string of the molecule is CCOC(=O)c1sc(NC(=S)NC(=O)CC(C)C)nc1C. The fraction of sp³-hybridized carbons (Fsp3) is 0.538. The molecule has 0 saturated heterocycles. The maximum absolute atomic E-state index is 11.7. The predicted molar refractivity (Wildman–Crippen MR) is 86.6 cm³/mol. The molecule has 21 heavy (non-hydrogen) atoms. The van der Waals surface area contributed by atoms with Crippen molar-refractivity contribution in [2.75, 3.05) is 11.9 Å². The third-order valence-electron chi connectivity index (χ3n) is 2.32. The number of thiazole rings is 1. The van der Waals surface area contributed by atoms with Gasteiger partial charge in [-0.2, -0.15) is 0 Å². The molecule has 0 saturated carbocycles. The first-order valence-corrected chi connectivity index (χ1v) is 7.81. The molecule has 0 atom stereocenters. The van der Waals surface area contributed by atoms with Crippen LogP contribution in [0.15, 0.2) is 0 Å². The Morgan fingerprint density at radius 3 is 2.67 bits per heavy atom. The van der Waals surface area contributed by atoms with Gasteiger partial charge in [-0.1, -0.05) is 25.2 Å². The second kappa shape index (κ2) is 8.04. The molecular formula is C13H19N3O3S2. The summed E-state index contributed by atoms with van der Waals surface area (Å²) in [5.41, 5.74) is 0.567. The number of carbonyl (C=O) groups excluding carboxylic acids is 2. The van der Waals surface area contributed by atoms with E-state index in [1.807, 2.05) is 13.8 Å². The maximum atomic E-state index is 11.7. The van der Waals surface area contributed by atoms with Crippen LogP contribution in [0.3, 0.4) is 0 Å². The molecule has 1 rings (SSSR count). The molecule has 0 aliphatic carbocycles. The number of amides is 1. The van der Waals surface area contributed by atoms with Crippen LogP contribution in [0.1, 0.15) is 42.6 Å². The van der Waals surface area contributed by atoms with Crippen LogP contribution in [0.5, 0.6) is 0 Å². The van der Waals surface area contributed by atoms with Crippen molar-refractivity contribution >= 4 is 45.7 Å². The van der Waals surface area contributed by atoms with Crippen molar-refractivity contribution < 1.29 is 14.3 Å². The van der Waals surface area contributed by atoms with Gasteiger partial charge < -0.3 is 15.4 Å². The highest BCUT2D eigenvalue weighted by Crippen LogP contribution is 2.23. The minimum Gasteiger partial charge on any atom is -0.462 e. The second-order valence-corrected chi connectivity index (χ2v) is 6.16. The Hall–Kier alpha value is -1.54. The number of nitrogens with one attached hydrogen (secondary N) is 2. The zero-order valence-corrected chi connectivity index (χ0v) is 14.1. The average Bonchev–Trinajstić information content (AvgIpc) is 2.68. The Morgan fingerprint density at radius 1 is 1.43 bits per heavy atom. The lowest BCUT2D eigenvalue weighted by Crippen LogP contribution is -2.34. The van der Waals surface area contributed by atoms with Crippen LogP contribution in [0.2, 0.25) is 0 Å². The van der Waals surface area contributed by atoms with E-state index in [4.69, 9.17) is 17.0 Å². The standard InChI is InChI=1S/C13H19N3O3S2/c1-5-19-11(18)10-8(4)14-13(21-10)16-12(20)15-9(17)6-7(2)3/h7H,5-6H2,1-4H3,(H2,14,15,16,17,20). The lowest BCUT2D eigenvalue weighted by molar-refractivity contribution is -0.120. The van der Waals surface area contributed by atoms with Crippen molar-refractivity contribution in [3.05, 3.63) is 10.6 Å². The molecule has 1 aromatic rings. The number of thiocarbonyl (C=S) groups is 1. The molecular weight excluding hydrogens is 310 g/mol. The highest BCUT2D eigenvalue weighted by molar-refractivity contribution is 7.80. The highest BCUT2D eigenvalue weighted by atomic mass is 32.1. The first-order valence-electron chi connectivity index (χ1n) is 6.58. The summed E-state index contributed by atoms with van der Waals surface area (Å²) in [4.78, 5) is 27.9. The second-order valence-electron chi connectivity index (χ2n) is 4.75. The van der Waals surface area contributed by atoms with Gasteiger partial charge in [-0.05, 0) is 32.0 Å². The van der Waals surface area contributed by atoms with E-state index < -0.39 is 5.97 Å². The lowest BCUT2D eigenvalue weighted by atomic mass is 10.1. The Kier molecular flexibility index (Phi) is 6.70. The Morgan fingerprint density at radius 2 is 2.10 bits per heavy atom. The number of ether oxygens (including phenoxy) is 1. The van der Waals surface area contributed by atoms with Crippen molar-refractivity contribution in [3.8, 4) is 0 Å². The number of anilines is 1. The first kappa shape index (κ1) is 17.5. The van der Waals surface area contributed by atoms with Gasteiger partial charge in [0.1, 0.15) is 4.88 Å². The van der Waals surface area contributed by atoms with Crippen LogP contribution in [0, 0.1) is 12.8 Å². The monoisotopic (exact) mass is 329 g/mol. The van der Waals surface area contributed by atoms with Crippen molar-refractivity contribution in [2.45, 2.75) is 34.1 Å². The summed E-state index contributed by atoms with van der Waals surface area (Å²) in [6, 6.07) is 0. The molecule has 6 nitrogen and oxygen atoms in total. The molecule has 0 radical (unpaired) electrons. The molecule has 0 spiro atoms. The molecule has 0 aromatic carbocycles. The van der Waals surface area contributed by atoms with Crippen LogP contribution in [0.25, 0.3) is 0 Å². The number of esters is 1. The average molecular weight is 329 g/mol. The number of aromatic nitrogens is 1. The summed E-state index contributed by atoms with van der Waals surface area (Å²) < 4.78 is 4.94. The zero-order valence-electron chi connectivity index (χ0n) is 12.5. The van der Waals surface area contributed by atoms with Crippen molar-refractivity contribution in [1.82, 2.24) is 10.3 Å². The molecule has 1 amide bonds. The molecule has 1 aromatic heterocycles. The van der Waals surface area contributed by atoms with E-state index in [-0.39, 0.29) is 16.9 Å². The van der Waals surface area contributed by atoms with E-state index in [1.165, 1.54) is 0 Å². The molecule has 0 fully saturated rings. The highest BCUT2D eigenvalue weighted by Gasteiger charge is 2.17. The van der Waals surface area contributed by atoms with Crippen LogP contribution in [0.4, 0.5) is 5.13 Å². The van der Waals surface area contributed by atoms with Gasteiger partial charge in [0.05, 0.1) is 12.3 Å². The van der Waals surface area contributed by atoms with Crippen LogP contribution >= 0.6 is 23.6 Å². The molecule has 0 aliphatic rings. The van der Waals surface area contributed by atoms with Gasteiger partial charge in [0.2, 0.25) is 5.91 Å². The van der Waals surface area contributed by atoms with Gasteiger partial charge in [-0.15, -0.1) is 0 Å². The molecule has 0 aliphatic heterocycles. The van der Waals surface area contributed by atoms with E-state index in [9.17, 15) is 9.59 Å². The Balaban J connectivity index is 2.63. The Labute approximate surface area is 133 Å². The fourth-order valence-corrected chi connectivity index (χ4v) is 2.65. The topological polar surface area (TPSA) is 80.3 Å².